The van der Waals surface area contributed by atoms with Crippen molar-refractivity contribution in [3.8, 4) is 0 Å². The zero-order valence-electron chi connectivity index (χ0n) is 11.9. The van der Waals surface area contributed by atoms with Crippen molar-refractivity contribution in [1.29, 1.82) is 0 Å². The second-order valence-corrected chi connectivity index (χ2v) is 6.08. The molecule has 0 rings (SSSR count). The van der Waals surface area contributed by atoms with E-state index in [1.165, 1.54) is 38.5 Å². The normalized spacial score (nSPS) is 12.4. The molecular formula is C15H26Cl2O2. The molecular weight excluding hydrogens is 283 g/mol. The van der Waals surface area contributed by atoms with Gasteiger partial charge in [0, 0.05) is 12.3 Å². The van der Waals surface area contributed by atoms with Gasteiger partial charge in [-0.3, -0.25) is 9.59 Å². The molecule has 0 radical (unpaired) electrons. The minimum Gasteiger partial charge on any atom is -0.281 e. The molecule has 1 atom stereocenters. The van der Waals surface area contributed by atoms with Crippen LogP contribution in [-0.2, 0) is 9.59 Å². The highest BCUT2D eigenvalue weighted by molar-refractivity contribution is 6.64. The van der Waals surface area contributed by atoms with Crippen LogP contribution in [0, 0.1) is 5.92 Å². The molecule has 112 valence electrons. The molecule has 0 aromatic heterocycles. The average molecular weight is 309 g/mol. The highest BCUT2D eigenvalue weighted by Gasteiger charge is 2.08. The Morgan fingerprint density at radius 2 is 1.21 bits per heavy atom. The van der Waals surface area contributed by atoms with Gasteiger partial charge in [0.25, 0.3) is 0 Å². The Labute approximate surface area is 127 Å². The number of rotatable bonds is 13. The maximum Gasteiger partial charge on any atom is 0.224 e. The number of halogens is 2. The summed E-state index contributed by atoms with van der Waals surface area (Å²) in [6.45, 7) is 1.89. The molecule has 0 spiro atoms. The van der Waals surface area contributed by atoms with E-state index in [0.717, 1.165) is 25.7 Å². The summed E-state index contributed by atoms with van der Waals surface area (Å²) in [6.07, 6.45) is 11.9. The molecule has 1 unspecified atom stereocenters. The summed E-state index contributed by atoms with van der Waals surface area (Å²) >= 11 is 10.7. The van der Waals surface area contributed by atoms with Gasteiger partial charge in [0.15, 0.2) is 0 Å². The molecule has 0 aromatic carbocycles. The van der Waals surface area contributed by atoms with E-state index in [9.17, 15) is 9.59 Å². The average Bonchev–Trinajstić information content (AvgIpc) is 2.35. The van der Waals surface area contributed by atoms with E-state index in [1.807, 2.05) is 6.92 Å². The van der Waals surface area contributed by atoms with Crippen LogP contribution in [0.2, 0.25) is 0 Å². The monoisotopic (exact) mass is 308 g/mol. The van der Waals surface area contributed by atoms with Crippen molar-refractivity contribution in [3.05, 3.63) is 0 Å². The van der Waals surface area contributed by atoms with Crippen LogP contribution in [-0.4, -0.2) is 10.5 Å². The van der Waals surface area contributed by atoms with Crippen LogP contribution < -0.4 is 0 Å². The van der Waals surface area contributed by atoms with E-state index in [2.05, 4.69) is 0 Å². The van der Waals surface area contributed by atoms with Gasteiger partial charge in [-0.1, -0.05) is 58.3 Å². The van der Waals surface area contributed by atoms with Gasteiger partial charge in [-0.2, -0.15) is 0 Å². The molecule has 0 bridgehead atoms. The third-order valence-corrected chi connectivity index (χ3v) is 3.96. The van der Waals surface area contributed by atoms with Gasteiger partial charge >= 0.3 is 0 Å². The first kappa shape index (κ1) is 18.9. The van der Waals surface area contributed by atoms with Crippen molar-refractivity contribution in [2.75, 3.05) is 0 Å². The summed E-state index contributed by atoms with van der Waals surface area (Å²) in [6, 6.07) is 0. The molecule has 0 aromatic rings. The van der Waals surface area contributed by atoms with Gasteiger partial charge < -0.3 is 0 Å². The predicted octanol–water partition coefficient (Wildman–Crippen LogP) is 5.44. The second-order valence-electron chi connectivity index (χ2n) is 5.28. The molecule has 4 heteroatoms. The zero-order valence-corrected chi connectivity index (χ0v) is 13.4. The Hall–Kier alpha value is -0.0800. The molecule has 0 amide bonds. The summed E-state index contributed by atoms with van der Waals surface area (Å²) in [5.41, 5.74) is 0. The Balaban J connectivity index is 3.11. The number of hydrogen-bond acceptors (Lipinski definition) is 2. The first-order valence-electron chi connectivity index (χ1n) is 7.41. The van der Waals surface area contributed by atoms with Crippen LogP contribution in [0.1, 0.15) is 77.6 Å². The van der Waals surface area contributed by atoms with Crippen molar-refractivity contribution in [3.63, 3.8) is 0 Å². The fraction of sp³-hybridized carbons (Fsp3) is 0.867. The van der Waals surface area contributed by atoms with E-state index in [0.29, 0.717) is 6.42 Å². The van der Waals surface area contributed by atoms with E-state index in [4.69, 9.17) is 23.2 Å². The van der Waals surface area contributed by atoms with E-state index in [1.54, 1.807) is 0 Å². The number of carbonyl (C=O) groups is 2. The topological polar surface area (TPSA) is 34.1 Å². The van der Waals surface area contributed by atoms with Gasteiger partial charge in [0.2, 0.25) is 10.5 Å². The molecule has 0 saturated carbocycles. The number of hydrogen-bond donors (Lipinski definition) is 0. The number of carbonyl (C=O) groups excluding carboxylic acids is 2. The molecule has 0 aliphatic carbocycles. The van der Waals surface area contributed by atoms with Crippen molar-refractivity contribution < 1.29 is 9.59 Å². The third-order valence-electron chi connectivity index (χ3n) is 3.40. The minimum absolute atomic E-state index is 0.00584. The van der Waals surface area contributed by atoms with E-state index < -0.39 is 0 Å². The van der Waals surface area contributed by atoms with Crippen LogP contribution in [0.5, 0.6) is 0 Å². The number of unbranched alkanes of at least 4 members (excludes halogenated alkanes) is 8. The van der Waals surface area contributed by atoms with Crippen LogP contribution in [0.4, 0.5) is 0 Å². The molecule has 0 saturated heterocycles. The highest BCUT2D eigenvalue weighted by atomic mass is 35.5. The first-order chi connectivity index (χ1) is 9.04. The molecule has 19 heavy (non-hydrogen) atoms. The van der Waals surface area contributed by atoms with Crippen LogP contribution in [0.15, 0.2) is 0 Å². The maximum atomic E-state index is 10.8. The third kappa shape index (κ3) is 14.1. The predicted molar refractivity (Wildman–Crippen MR) is 81.7 cm³/mol. The summed E-state index contributed by atoms with van der Waals surface area (Å²) < 4.78 is 0. The van der Waals surface area contributed by atoms with Crippen molar-refractivity contribution >= 4 is 33.7 Å². The second kappa shape index (κ2) is 12.9. The summed E-state index contributed by atoms with van der Waals surface area (Å²) in [7, 11) is 0. The highest BCUT2D eigenvalue weighted by Crippen LogP contribution is 2.15. The lowest BCUT2D eigenvalue weighted by atomic mass is 10.0. The lowest BCUT2D eigenvalue weighted by Gasteiger charge is -2.05. The smallest absolute Gasteiger partial charge is 0.224 e. The quantitative estimate of drug-likeness (QED) is 0.335. The lowest BCUT2D eigenvalue weighted by Crippen LogP contribution is -2.02. The van der Waals surface area contributed by atoms with Gasteiger partial charge in [-0.05, 0) is 36.0 Å². The fourth-order valence-electron chi connectivity index (χ4n) is 2.07. The van der Waals surface area contributed by atoms with Crippen molar-refractivity contribution in [1.82, 2.24) is 0 Å². The Morgan fingerprint density at radius 1 is 0.789 bits per heavy atom. The Kier molecular flexibility index (Phi) is 12.9. The summed E-state index contributed by atoms with van der Waals surface area (Å²) in [5, 5.41) is -0.430. The first-order valence-corrected chi connectivity index (χ1v) is 8.17. The largest absolute Gasteiger partial charge is 0.281 e. The summed E-state index contributed by atoms with van der Waals surface area (Å²) in [5.74, 6) is 0.00584. The van der Waals surface area contributed by atoms with Crippen molar-refractivity contribution in [2.24, 2.45) is 5.92 Å². The molecule has 0 aliphatic heterocycles. The maximum absolute atomic E-state index is 10.8. The van der Waals surface area contributed by atoms with Gasteiger partial charge in [-0.25, -0.2) is 0 Å². The van der Waals surface area contributed by atoms with Gasteiger partial charge in [-0.15, -0.1) is 0 Å². The standard InChI is InChI=1S/C15H26Cl2O2/c1-13(15(17)19)11-9-7-5-3-2-4-6-8-10-12-14(16)18/h13H,2-12H2,1H3. The van der Waals surface area contributed by atoms with Gasteiger partial charge in [0.05, 0.1) is 0 Å². The summed E-state index contributed by atoms with van der Waals surface area (Å²) in [4.78, 5) is 21.3. The Morgan fingerprint density at radius 3 is 1.63 bits per heavy atom. The molecule has 0 N–H and O–H groups in total. The van der Waals surface area contributed by atoms with Crippen molar-refractivity contribution in [2.45, 2.75) is 77.6 Å². The van der Waals surface area contributed by atoms with E-state index >= 15 is 0 Å². The Bertz CT molecular complexity index is 255. The van der Waals surface area contributed by atoms with Crippen LogP contribution in [0.3, 0.4) is 0 Å². The van der Waals surface area contributed by atoms with Crippen LogP contribution >= 0.6 is 23.2 Å². The molecule has 0 aliphatic rings. The SMILES string of the molecule is CC(CCCCCCCCCCCC(=O)Cl)C(=O)Cl. The molecule has 0 heterocycles. The molecule has 0 fully saturated rings. The van der Waals surface area contributed by atoms with Crippen LogP contribution in [0.25, 0.3) is 0 Å². The van der Waals surface area contributed by atoms with Gasteiger partial charge in [0.1, 0.15) is 0 Å². The zero-order chi connectivity index (χ0) is 14.5. The van der Waals surface area contributed by atoms with E-state index in [-0.39, 0.29) is 16.4 Å². The molecule has 2 nitrogen and oxygen atoms in total. The minimum atomic E-state index is -0.218. The lowest BCUT2D eigenvalue weighted by molar-refractivity contribution is -0.115. The fourth-order valence-corrected chi connectivity index (χ4v) is 2.31.